The number of benzene rings is 1. The fourth-order valence-electron chi connectivity index (χ4n) is 2.12. The highest BCUT2D eigenvalue weighted by Gasteiger charge is 2.33. The van der Waals surface area contributed by atoms with Crippen LogP contribution in [-0.2, 0) is 6.18 Å². The molecule has 0 spiro atoms. The first-order valence-corrected chi connectivity index (χ1v) is 7.12. The van der Waals surface area contributed by atoms with Crippen LogP contribution < -0.4 is 10.6 Å². The Morgan fingerprint density at radius 3 is 2.61 bits per heavy atom. The van der Waals surface area contributed by atoms with E-state index in [2.05, 4.69) is 15.6 Å². The van der Waals surface area contributed by atoms with E-state index in [4.69, 9.17) is 0 Å². The van der Waals surface area contributed by atoms with Gasteiger partial charge in [-0.3, -0.25) is 9.78 Å². The van der Waals surface area contributed by atoms with Crippen LogP contribution in [0.3, 0.4) is 0 Å². The second-order valence-electron chi connectivity index (χ2n) is 5.38. The lowest BCUT2D eigenvalue weighted by molar-refractivity contribution is -0.136. The summed E-state index contributed by atoms with van der Waals surface area (Å²) in [6, 6.07) is 6.85. The van der Waals surface area contributed by atoms with E-state index in [0.717, 1.165) is 18.9 Å². The molecule has 1 heterocycles. The van der Waals surface area contributed by atoms with Gasteiger partial charge < -0.3 is 10.6 Å². The highest BCUT2D eigenvalue weighted by Crippen LogP contribution is 2.35. The van der Waals surface area contributed by atoms with Gasteiger partial charge in [0, 0.05) is 12.2 Å². The second kappa shape index (κ2) is 5.91. The SMILES string of the molecule is O=C(NC1CC1)c1cncc(Nc2ccccc2C(F)(F)F)c1. The molecule has 0 radical (unpaired) electrons. The Balaban J connectivity index is 1.82. The van der Waals surface area contributed by atoms with Gasteiger partial charge in [0.15, 0.2) is 0 Å². The number of nitrogens with zero attached hydrogens (tertiary/aromatic N) is 1. The van der Waals surface area contributed by atoms with Gasteiger partial charge in [0.2, 0.25) is 0 Å². The topological polar surface area (TPSA) is 54.0 Å². The van der Waals surface area contributed by atoms with Crippen LogP contribution in [0, 0.1) is 0 Å². The molecule has 1 aromatic carbocycles. The molecule has 0 unspecified atom stereocenters. The Bertz CT molecular complexity index is 727. The average Bonchev–Trinajstić information content (AvgIpc) is 3.31. The van der Waals surface area contributed by atoms with Crippen molar-refractivity contribution in [3.05, 3.63) is 53.9 Å². The van der Waals surface area contributed by atoms with Crippen LogP contribution in [0.1, 0.15) is 28.8 Å². The van der Waals surface area contributed by atoms with Crippen molar-refractivity contribution in [3.63, 3.8) is 0 Å². The van der Waals surface area contributed by atoms with Crippen molar-refractivity contribution < 1.29 is 18.0 Å². The minimum absolute atomic E-state index is 0.0819. The van der Waals surface area contributed by atoms with Crippen molar-refractivity contribution in [2.75, 3.05) is 5.32 Å². The van der Waals surface area contributed by atoms with E-state index in [-0.39, 0.29) is 17.6 Å². The average molecular weight is 321 g/mol. The summed E-state index contributed by atoms with van der Waals surface area (Å²) in [4.78, 5) is 15.9. The van der Waals surface area contributed by atoms with Gasteiger partial charge in [-0.1, -0.05) is 12.1 Å². The molecular formula is C16H14F3N3O. The first-order chi connectivity index (χ1) is 10.9. The third-order valence-corrected chi connectivity index (χ3v) is 3.42. The first kappa shape index (κ1) is 15.3. The summed E-state index contributed by atoms with van der Waals surface area (Å²) in [6.45, 7) is 0. The van der Waals surface area contributed by atoms with Gasteiger partial charge in [-0.2, -0.15) is 13.2 Å². The summed E-state index contributed by atoms with van der Waals surface area (Å²) in [5, 5.41) is 5.49. The third kappa shape index (κ3) is 3.80. The maximum Gasteiger partial charge on any atom is 0.418 e. The normalized spacial score (nSPS) is 14.4. The number of nitrogens with one attached hydrogen (secondary N) is 2. The summed E-state index contributed by atoms with van der Waals surface area (Å²) >= 11 is 0. The maximum atomic E-state index is 13.0. The summed E-state index contributed by atoms with van der Waals surface area (Å²) in [7, 11) is 0. The van der Waals surface area contributed by atoms with E-state index in [1.807, 2.05) is 0 Å². The number of pyridine rings is 1. The van der Waals surface area contributed by atoms with Gasteiger partial charge in [0.05, 0.1) is 28.7 Å². The van der Waals surface area contributed by atoms with Crippen LogP contribution in [0.25, 0.3) is 0 Å². The molecule has 0 saturated heterocycles. The number of anilines is 2. The molecule has 7 heteroatoms. The molecule has 1 aliphatic rings. The van der Waals surface area contributed by atoms with E-state index in [1.165, 1.54) is 36.7 Å². The zero-order valence-electron chi connectivity index (χ0n) is 12.0. The molecule has 1 saturated carbocycles. The third-order valence-electron chi connectivity index (χ3n) is 3.42. The summed E-state index contributed by atoms with van der Waals surface area (Å²) < 4.78 is 39.0. The van der Waals surface area contributed by atoms with E-state index in [0.29, 0.717) is 11.3 Å². The lowest BCUT2D eigenvalue weighted by Crippen LogP contribution is -2.25. The predicted molar refractivity (Wildman–Crippen MR) is 79.5 cm³/mol. The van der Waals surface area contributed by atoms with Crippen LogP contribution in [-0.4, -0.2) is 16.9 Å². The molecule has 3 rings (SSSR count). The zero-order chi connectivity index (χ0) is 16.4. The van der Waals surface area contributed by atoms with Crippen molar-refractivity contribution in [3.8, 4) is 0 Å². The molecule has 1 aliphatic carbocycles. The molecule has 2 aromatic rings. The fraction of sp³-hybridized carbons (Fsp3) is 0.250. The lowest BCUT2D eigenvalue weighted by atomic mass is 10.1. The van der Waals surface area contributed by atoms with Crippen LogP contribution in [0.15, 0.2) is 42.7 Å². The standard InChI is InChI=1S/C16H14F3N3O/c17-16(18,19)13-3-1-2-4-14(13)21-12-7-10(8-20-9-12)15(23)22-11-5-6-11/h1-4,7-9,11,21H,5-6H2,(H,22,23). The van der Waals surface area contributed by atoms with Gasteiger partial charge >= 0.3 is 6.18 Å². The number of hydrogen-bond acceptors (Lipinski definition) is 3. The quantitative estimate of drug-likeness (QED) is 0.902. The predicted octanol–water partition coefficient (Wildman–Crippen LogP) is 3.74. The molecule has 1 amide bonds. The van der Waals surface area contributed by atoms with Crippen molar-refractivity contribution in [1.82, 2.24) is 10.3 Å². The Labute approximate surface area is 130 Å². The number of carbonyl (C=O) groups is 1. The molecule has 1 aromatic heterocycles. The molecule has 0 bridgehead atoms. The Morgan fingerprint density at radius 2 is 1.91 bits per heavy atom. The van der Waals surface area contributed by atoms with Crippen molar-refractivity contribution >= 4 is 17.3 Å². The number of amides is 1. The second-order valence-corrected chi connectivity index (χ2v) is 5.38. The number of hydrogen-bond donors (Lipinski definition) is 2. The van der Waals surface area contributed by atoms with E-state index < -0.39 is 11.7 Å². The summed E-state index contributed by atoms with van der Waals surface area (Å²) in [6.07, 6.45) is 0.212. The molecule has 0 aliphatic heterocycles. The maximum absolute atomic E-state index is 13.0. The number of halogens is 3. The highest BCUT2D eigenvalue weighted by molar-refractivity contribution is 5.95. The molecule has 4 nitrogen and oxygen atoms in total. The van der Waals surface area contributed by atoms with Gasteiger partial charge in [-0.05, 0) is 31.0 Å². The van der Waals surface area contributed by atoms with Crippen molar-refractivity contribution in [2.24, 2.45) is 0 Å². The number of alkyl halides is 3. The van der Waals surface area contributed by atoms with Gasteiger partial charge in [0.1, 0.15) is 0 Å². The molecule has 120 valence electrons. The smallest absolute Gasteiger partial charge is 0.354 e. The minimum atomic E-state index is -4.46. The molecule has 0 atom stereocenters. The van der Waals surface area contributed by atoms with Crippen LogP contribution in [0.5, 0.6) is 0 Å². The molecule has 2 N–H and O–H groups in total. The van der Waals surface area contributed by atoms with Crippen molar-refractivity contribution in [2.45, 2.75) is 25.1 Å². The number of aromatic nitrogens is 1. The number of rotatable bonds is 4. The van der Waals surface area contributed by atoms with Gasteiger partial charge in [0.25, 0.3) is 5.91 Å². The van der Waals surface area contributed by atoms with Crippen LogP contribution >= 0.6 is 0 Å². The first-order valence-electron chi connectivity index (χ1n) is 7.12. The number of para-hydroxylation sites is 1. The van der Waals surface area contributed by atoms with Crippen LogP contribution in [0.4, 0.5) is 24.5 Å². The molecular weight excluding hydrogens is 307 g/mol. The van der Waals surface area contributed by atoms with E-state index in [9.17, 15) is 18.0 Å². The summed E-state index contributed by atoms with van der Waals surface area (Å²) in [5.74, 6) is -0.271. The Hall–Kier alpha value is -2.57. The molecule has 23 heavy (non-hydrogen) atoms. The zero-order valence-corrected chi connectivity index (χ0v) is 12.0. The van der Waals surface area contributed by atoms with Crippen LogP contribution in [0.2, 0.25) is 0 Å². The minimum Gasteiger partial charge on any atom is -0.354 e. The van der Waals surface area contributed by atoms with Gasteiger partial charge in [-0.25, -0.2) is 0 Å². The van der Waals surface area contributed by atoms with Crippen molar-refractivity contribution in [1.29, 1.82) is 0 Å². The monoisotopic (exact) mass is 321 g/mol. The highest BCUT2D eigenvalue weighted by atomic mass is 19.4. The largest absolute Gasteiger partial charge is 0.418 e. The Kier molecular flexibility index (Phi) is 3.94. The Morgan fingerprint density at radius 1 is 1.17 bits per heavy atom. The summed E-state index contributed by atoms with van der Waals surface area (Å²) in [5.41, 5.74) is -0.217. The molecule has 1 fully saturated rings. The van der Waals surface area contributed by atoms with Gasteiger partial charge in [-0.15, -0.1) is 0 Å². The lowest BCUT2D eigenvalue weighted by Gasteiger charge is -2.14. The number of carbonyl (C=O) groups excluding carboxylic acids is 1. The fourth-order valence-corrected chi connectivity index (χ4v) is 2.12. The van der Waals surface area contributed by atoms with E-state index >= 15 is 0 Å². The van der Waals surface area contributed by atoms with E-state index in [1.54, 1.807) is 0 Å².